The third-order valence-corrected chi connectivity index (χ3v) is 3.38. The predicted molar refractivity (Wildman–Crippen MR) is 76.9 cm³/mol. The van der Waals surface area contributed by atoms with Crippen molar-refractivity contribution in [3.05, 3.63) is 35.6 Å². The van der Waals surface area contributed by atoms with E-state index in [2.05, 4.69) is 5.32 Å². The lowest BCUT2D eigenvalue weighted by molar-refractivity contribution is -0.149. The molecule has 20 heavy (non-hydrogen) atoms. The number of methoxy groups -OCH3 is 1. The molecule has 112 valence electrons. The summed E-state index contributed by atoms with van der Waals surface area (Å²) in [6.45, 7) is 3.14. The maximum absolute atomic E-state index is 14.1. The average Bonchev–Trinajstić information content (AvgIpc) is 2.43. The normalized spacial score (nSPS) is 14.1. The van der Waals surface area contributed by atoms with Gasteiger partial charge in [0.25, 0.3) is 0 Å². The van der Waals surface area contributed by atoms with E-state index < -0.39 is 17.3 Å². The zero-order chi connectivity index (χ0) is 15.2. The molecule has 1 N–H and O–H groups in total. The smallest absolute Gasteiger partial charge is 0.330 e. The first-order chi connectivity index (χ1) is 9.47. The molecule has 1 atom stereocenters. The predicted octanol–water partition coefficient (Wildman–Crippen LogP) is 1.76. The second-order valence-electron chi connectivity index (χ2n) is 4.96. The minimum atomic E-state index is -1.14. The van der Waals surface area contributed by atoms with Gasteiger partial charge in [-0.1, -0.05) is 25.1 Å². The number of hydrogen-bond donors (Lipinski definition) is 1. The summed E-state index contributed by atoms with van der Waals surface area (Å²) in [6, 6.07) is 6.31. The Morgan fingerprint density at radius 2 is 2.05 bits per heavy atom. The average molecular weight is 282 g/mol. The maximum Gasteiger partial charge on any atom is 0.330 e. The van der Waals surface area contributed by atoms with Gasteiger partial charge in [0.15, 0.2) is 0 Å². The van der Waals surface area contributed by atoms with Crippen LogP contribution in [0.4, 0.5) is 4.39 Å². The Kier molecular flexibility index (Phi) is 6.10. The SMILES string of the molecule is CCC(NCCN(C)C)(C(=O)OC)c1ccccc1F. The number of ether oxygens (including phenoxy) is 1. The van der Waals surface area contributed by atoms with E-state index in [9.17, 15) is 9.18 Å². The van der Waals surface area contributed by atoms with Gasteiger partial charge >= 0.3 is 5.97 Å². The van der Waals surface area contributed by atoms with Crippen molar-refractivity contribution in [2.24, 2.45) is 0 Å². The molecular weight excluding hydrogens is 259 g/mol. The van der Waals surface area contributed by atoms with E-state index in [-0.39, 0.29) is 0 Å². The molecule has 0 radical (unpaired) electrons. The summed E-state index contributed by atoms with van der Waals surface area (Å²) >= 11 is 0. The molecular formula is C15H23FN2O2. The molecule has 0 saturated carbocycles. The van der Waals surface area contributed by atoms with Crippen LogP contribution in [0.3, 0.4) is 0 Å². The Hall–Kier alpha value is -1.46. The second-order valence-corrected chi connectivity index (χ2v) is 4.96. The van der Waals surface area contributed by atoms with E-state index >= 15 is 0 Å². The van der Waals surface area contributed by atoms with Crippen LogP contribution in [0.5, 0.6) is 0 Å². The zero-order valence-corrected chi connectivity index (χ0v) is 12.6. The lowest BCUT2D eigenvalue weighted by Crippen LogP contribution is -2.51. The van der Waals surface area contributed by atoms with Crippen molar-refractivity contribution >= 4 is 5.97 Å². The van der Waals surface area contributed by atoms with Crippen LogP contribution in [0.1, 0.15) is 18.9 Å². The number of carbonyl (C=O) groups is 1. The van der Waals surface area contributed by atoms with Crippen LogP contribution < -0.4 is 5.32 Å². The van der Waals surface area contributed by atoms with E-state index in [1.807, 2.05) is 25.9 Å². The number of esters is 1. The molecule has 4 nitrogen and oxygen atoms in total. The van der Waals surface area contributed by atoms with E-state index in [1.165, 1.54) is 13.2 Å². The van der Waals surface area contributed by atoms with Gasteiger partial charge in [-0.05, 0) is 26.6 Å². The highest BCUT2D eigenvalue weighted by Gasteiger charge is 2.41. The molecule has 1 rings (SSSR count). The number of hydrogen-bond acceptors (Lipinski definition) is 4. The van der Waals surface area contributed by atoms with Crippen molar-refractivity contribution in [1.82, 2.24) is 10.2 Å². The third kappa shape index (κ3) is 3.55. The number of halogens is 1. The maximum atomic E-state index is 14.1. The van der Waals surface area contributed by atoms with Crippen LogP contribution >= 0.6 is 0 Å². The van der Waals surface area contributed by atoms with E-state index in [1.54, 1.807) is 18.2 Å². The first kappa shape index (κ1) is 16.6. The Morgan fingerprint density at radius 1 is 1.40 bits per heavy atom. The van der Waals surface area contributed by atoms with Crippen molar-refractivity contribution in [3.63, 3.8) is 0 Å². The van der Waals surface area contributed by atoms with Crippen LogP contribution in [-0.2, 0) is 15.1 Å². The monoisotopic (exact) mass is 282 g/mol. The standard InChI is InChI=1S/C15H23FN2O2/c1-5-15(14(19)20-4,17-10-11-18(2)3)12-8-6-7-9-13(12)16/h6-9,17H,5,10-11H2,1-4H3. The molecule has 0 bridgehead atoms. The van der Waals surface area contributed by atoms with E-state index in [0.29, 0.717) is 18.5 Å². The quantitative estimate of drug-likeness (QED) is 0.774. The Balaban J connectivity index is 3.12. The molecule has 1 aromatic rings. The van der Waals surface area contributed by atoms with Crippen molar-refractivity contribution < 1.29 is 13.9 Å². The molecule has 0 aliphatic carbocycles. The zero-order valence-electron chi connectivity index (χ0n) is 12.6. The van der Waals surface area contributed by atoms with E-state index in [4.69, 9.17) is 4.74 Å². The van der Waals surface area contributed by atoms with Crippen molar-refractivity contribution in [2.75, 3.05) is 34.3 Å². The second kappa shape index (κ2) is 7.36. The van der Waals surface area contributed by atoms with Gasteiger partial charge in [0.1, 0.15) is 11.4 Å². The topological polar surface area (TPSA) is 41.6 Å². The fourth-order valence-corrected chi connectivity index (χ4v) is 2.21. The van der Waals surface area contributed by atoms with Crippen LogP contribution in [0.2, 0.25) is 0 Å². The summed E-state index contributed by atoms with van der Waals surface area (Å²) < 4.78 is 19.0. The number of likely N-dealkylation sites (N-methyl/N-ethyl adjacent to an activating group) is 1. The molecule has 0 spiro atoms. The highest BCUT2D eigenvalue weighted by atomic mass is 19.1. The van der Waals surface area contributed by atoms with Gasteiger partial charge in [-0.3, -0.25) is 5.32 Å². The molecule has 0 aliphatic rings. The fourth-order valence-electron chi connectivity index (χ4n) is 2.21. The van der Waals surface area contributed by atoms with Crippen LogP contribution in [0, 0.1) is 5.82 Å². The molecule has 5 heteroatoms. The fraction of sp³-hybridized carbons (Fsp3) is 0.533. The molecule has 0 aromatic heterocycles. The van der Waals surface area contributed by atoms with Crippen molar-refractivity contribution in [2.45, 2.75) is 18.9 Å². The molecule has 0 fully saturated rings. The van der Waals surface area contributed by atoms with Crippen molar-refractivity contribution in [3.8, 4) is 0 Å². The lowest BCUT2D eigenvalue weighted by Gasteiger charge is -2.32. The molecule has 1 unspecified atom stereocenters. The van der Waals surface area contributed by atoms with Gasteiger partial charge in [-0.15, -0.1) is 0 Å². The van der Waals surface area contributed by atoms with Gasteiger partial charge in [-0.2, -0.15) is 0 Å². The summed E-state index contributed by atoms with van der Waals surface area (Å²) in [4.78, 5) is 14.2. The summed E-state index contributed by atoms with van der Waals surface area (Å²) in [6.07, 6.45) is 0.411. The Morgan fingerprint density at radius 3 is 2.55 bits per heavy atom. The summed E-state index contributed by atoms with van der Waals surface area (Å²) in [5.74, 6) is -0.874. The Labute approximate surface area is 119 Å². The van der Waals surface area contributed by atoms with Crippen molar-refractivity contribution in [1.29, 1.82) is 0 Å². The summed E-state index contributed by atoms with van der Waals surface area (Å²) in [5.41, 5.74) is -0.816. The van der Waals surface area contributed by atoms with Gasteiger partial charge in [0.2, 0.25) is 0 Å². The first-order valence-electron chi connectivity index (χ1n) is 6.71. The van der Waals surface area contributed by atoms with Crippen LogP contribution in [0.15, 0.2) is 24.3 Å². The third-order valence-electron chi connectivity index (χ3n) is 3.38. The number of nitrogens with zero attached hydrogens (tertiary/aromatic N) is 1. The van der Waals surface area contributed by atoms with Crippen LogP contribution in [0.25, 0.3) is 0 Å². The number of rotatable bonds is 7. The van der Waals surface area contributed by atoms with E-state index in [0.717, 1.165) is 6.54 Å². The minimum absolute atomic E-state index is 0.327. The molecule has 0 amide bonds. The summed E-state index contributed by atoms with van der Waals surface area (Å²) in [5, 5.41) is 3.17. The van der Waals surface area contributed by atoms with Gasteiger partial charge < -0.3 is 9.64 Å². The molecule has 0 heterocycles. The lowest BCUT2D eigenvalue weighted by atomic mass is 9.86. The molecule has 0 saturated heterocycles. The van der Waals surface area contributed by atoms with Gasteiger partial charge in [0.05, 0.1) is 7.11 Å². The molecule has 0 aliphatic heterocycles. The van der Waals surface area contributed by atoms with Crippen LogP contribution in [-0.4, -0.2) is 45.2 Å². The first-order valence-corrected chi connectivity index (χ1v) is 6.71. The largest absolute Gasteiger partial charge is 0.467 e. The Bertz CT molecular complexity index is 451. The highest BCUT2D eigenvalue weighted by Crippen LogP contribution is 2.28. The number of carbonyl (C=O) groups excluding carboxylic acids is 1. The number of nitrogens with one attached hydrogen (secondary N) is 1. The minimum Gasteiger partial charge on any atom is -0.467 e. The highest BCUT2D eigenvalue weighted by molar-refractivity contribution is 5.82. The molecule has 1 aromatic carbocycles. The number of benzene rings is 1. The summed E-state index contributed by atoms with van der Waals surface area (Å²) in [7, 11) is 5.20. The van der Waals surface area contributed by atoms with Gasteiger partial charge in [-0.25, -0.2) is 9.18 Å². The van der Waals surface area contributed by atoms with Gasteiger partial charge in [0, 0.05) is 18.7 Å².